The molecule has 6 atom stereocenters. The van der Waals surface area contributed by atoms with E-state index in [1.807, 2.05) is 32.0 Å². The molecule has 0 spiro atoms. The first-order chi connectivity index (χ1) is 24.2. The number of carbonyl (C=O) groups is 1. The van der Waals surface area contributed by atoms with Crippen molar-refractivity contribution in [2.75, 3.05) is 25.6 Å². The molecule has 2 aromatic heterocycles. The van der Waals surface area contributed by atoms with Crippen molar-refractivity contribution in [2.45, 2.75) is 70.6 Å². The lowest BCUT2D eigenvalue weighted by molar-refractivity contribution is -0.148. The molecular formula is C35H45N6O9P. The second-order valence-electron chi connectivity index (χ2n) is 13.3. The average Bonchev–Trinajstić information content (AvgIpc) is 3.59. The maximum Gasteiger partial charge on any atom is 0.459 e. The third kappa shape index (κ3) is 8.58. The summed E-state index contributed by atoms with van der Waals surface area (Å²) in [5.74, 6) is -0.433. The zero-order valence-electron chi connectivity index (χ0n) is 29.1. The van der Waals surface area contributed by atoms with Gasteiger partial charge in [0.25, 0.3) is 0 Å². The molecule has 274 valence electrons. The molecule has 0 aliphatic carbocycles. The van der Waals surface area contributed by atoms with E-state index >= 15 is 0 Å². The van der Waals surface area contributed by atoms with E-state index in [1.54, 1.807) is 36.4 Å². The molecule has 3 heterocycles. The lowest BCUT2D eigenvalue weighted by atomic mass is 9.91. The van der Waals surface area contributed by atoms with E-state index in [2.05, 4.69) is 33.2 Å². The number of rotatable bonds is 17. The summed E-state index contributed by atoms with van der Waals surface area (Å²) < 4.78 is 45.2. The zero-order chi connectivity index (χ0) is 37.0. The number of fused-ring (bicyclic) bond motifs is 2. The molecule has 4 aromatic rings. The fourth-order valence-corrected chi connectivity index (χ4v) is 7.11. The molecule has 0 amide bonds. The average molecular weight is 725 g/mol. The Labute approximate surface area is 296 Å². The number of aliphatic hydroxyl groups excluding tert-OH is 1. The highest BCUT2D eigenvalue weighted by Crippen LogP contribution is 2.48. The van der Waals surface area contributed by atoms with Gasteiger partial charge in [-0.2, -0.15) is 15.1 Å². The first-order valence-electron chi connectivity index (χ1n) is 16.4. The quantitative estimate of drug-likeness (QED) is 0.0498. The van der Waals surface area contributed by atoms with Gasteiger partial charge < -0.3 is 34.7 Å². The van der Waals surface area contributed by atoms with Crippen LogP contribution >= 0.6 is 7.75 Å². The number of nitrogen functional groups attached to an aromatic ring is 1. The van der Waals surface area contributed by atoms with Crippen molar-refractivity contribution in [2.24, 2.45) is 5.41 Å². The van der Waals surface area contributed by atoms with Gasteiger partial charge in [0.15, 0.2) is 17.4 Å². The first-order valence-corrected chi connectivity index (χ1v) is 18.0. The molecule has 5 N–H and O–H groups in total. The van der Waals surface area contributed by atoms with Gasteiger partial charge in [-0.3, -0.25) is 13.9 Å². The van der Waals surface area contributed by atoms with Crippen LogP contribution in [-0.4, -0.2) is 79.4 Å². The summed E-state index contributed by atoms with van der Waals surface area (Å²) >= 11 is 0. The van der Waals surface area contributed by atoms with Gasteiger partial charge in [-0.1, -0.05) is 62.4 Å². The van der Waals surface area contributed by atoms with E-state index in [4.69, 9.17) is 29.0 Å². The highest BCUT2D eigenvalue weighted by molar-refractivity contribution is 7.52. The van der Waals surface area contributed by atoms with E-state index < -0.39 is 50.4 Å². The smallest absolute Gasteiger partial charge is 0.459 e. The van der Waals surface area contributed by atoms with Gasteiger partial charge >= 0.3 is 13.7 Å². The molecule has 16 heteroatoms. The van der Waals surface area contributed by atoms with Crippen molar-refractivity contribution < 1.29 is 42.8 Å². The Bertz CT molecular complexity index is 1930. The minimum Gasteiger partial charge on any atom is -0.476 e. The monoisotopic (exact) mass is 724 g/mol. The lowest BCUT2D eigenvalue weighted by Gasteiger charge is -2.27. The number of ether oxygens (including phenoxy) is 3. The molecule has 1 saturated heterocycles. The lowest BCUT2D eigenvalue weighted by Crippen LogP contribution is -2.44. The minimum atomic E-state index is -4.42. The Morgan fingerprint density at radius 3 is 2.71 bits per heavy atom. The summed E-state index contributed by atoms with van der Waals surface area (Å²) in [6, 6.07) is 11.4. The van der Waals surface area contributed by atoms with E-state index in [0.29, 0.717) is 18.2 Å². The van der Waals surface area contributed by atoms with Crippen molar-refractivity contribution in [1.29, 1.82) is 0 Å². The van der Waals surface area contributed by atoms with E-state index in [9.17, 15) is 19.6 Å². The molecule has 15 nitrogen and oxygen atoms in total. The summed E-state index contributed by atoms with van der Waals surface area (Å²) in [7, 11) is -4.42. The van der Waals surface area contributed by atoms with E-state index in [0.717, 1.165) is 5.39 Å². The Hall–Kier alpha value is -4.37. The summed E-state index contributed by atoms with van der Waals surface area (Å²) in [5.41, 5.74) is 4.12. The number of hydrogen-bond donors (Lipinski definition) is 4. The number of allylic oxidation sites excluding steroid dienone is 1. The Kier molecular flexibility index (Phi) is 11.5. The number of nitrogens with one attached hydrogen (secondary N) is 1. The van der Waals surface area contributed by atoms with Gasteiger partial charge in [0.1, 0.15) is 29.6 Å². The van der Waals surface area contributed by atoms with Crippen LogP contribution in [0.5, 0.6) is 11.6 Å². The molecule has 2 aromatic carbocycles. The number of aromatic nitrogens is 4. The summed E-state index contributed by atoms with van der Waals surface area (Å²) in [5, 5.41) is 27.0. The number of aliphatic hydroxyl groups is 2. The molecule has 1 aliphatic heterocycles. The van der Waals surface area contributed by atoms with Gasteiger partial charge in [0.05, 0.1) is 26.1 Å². The van der Waals surface area contributed by atoms with Crippen molar-refractivity contribution in [3.8, 4) is 11.6 Å². The maximum absolute atomic E-state index is 14.5. The van der Waals surface area contributed by atoms with Crippen LogP contribution in [-0.2, 0) is 23.4 Å². The van der Waals surface area contributed by atoms with Crippen molar-refractivity contribution in [3.63, 3.8) is 0 Å². The normalized spacial score (nSPS) is 22.4. The number of nitrogens with two attached hydrogens (primary N) is 1. The number of benzene rings is 2. The topological polar surface area (TPSA) is 202 Å². The molecule has 5 rings (SSSR count). The van der Waals surface area contributed by atoms with Crippen LogP contribution in [0, 0.1) is 5.41 Å². The predicted molar refractivity (Wildman–Crippen MR) is 191 cm³/mol. The SMILES string of the molecule is C=CCCOc1nc(N)nc2c1ncn2C1OC(COP(=O)(N[C@@H](C)C(=O)OCC(C)(C)CC=C)Oc2cccc3ccccc23)[C@@H](O)[C@@]1(C)O. The van der Waals surface area contributed by atoms with Gasteiger partial charge in [-0.05, 0) is 38.1 Å². The van der Waals surface area contributed by atoms with Crippen LogP contribution < -0.4 is 20.1 Å². The molecule has 1 fully saturated rings. The predicted octanol–water partition coefficient (Wildman–Crippen LogP) is 4.85. The van der Waals surface area contributed by atoms with Gasteiger partial charge in [-0.15, -0.1) is 13.2 Å². The Morgan fingerprint density at radius 2 is 1.96 bits per heavy atom. The number of carbonyl (C=O) groups excluding carboxylic acids is 1. The number of esters is 1. The minimum absolute atomic E-state index is 0.0970. The van der Waals surface area contributed by atoms with Crippen LogP contribution in [0.3, 0.4) is 0 Å². The third-order valence-electron chi connectivity index (χ3n) is 8.36. The van der Waals surface area contributed by atoms with E-state index in [-0.39, 0.29) is 47.4 Å². The Balaban J connectivity index is 1.38. The van der Waals surface area contributed by atoms with Crippen molar-refractivity contribution in [3.05, 3.63) is 74.1 Å². The second-order valence-corrected chi connectivity index (χ2v) is 15.0. The van der Waals surface area contributed by atoms with Crippen LogP contribution in [0.25, 0.3) is 21.9 Å². The third-order valence-corrected chi connectivity index (χ3v) is 9.99. The van der Waals surface area contributed by atoms with Crippen LogP contribution in [0.4, 0.5) is 5.95 Å². The summed E-state index contributed by atoms with van der Waals surface area (Å²) in [6.45, 7) is 14.0. The maximum atomic E-state index is 14.5. The summed E-state index contributed by atoms with van der Waals surface area (Å²) in [6.07, 6.45) is 1.91. The molecule has 0 saturated carbocycles. The van der Waals surface area contributed by atoms with Gasteiger partial charge in [-0.25, -0.2) is 9.55 Å². The number of hydrogen-bond acceptors (Lipinski definition) is 13. The highest BCUT2D eigenvalue weighted by Gasteiger charge is 2.54. The van der Waals surface area contributed by atoms with Crippen LogP contribution in [0.2, 0.25) is 0 Å². The molecule has 51 heavy (non-hydrogen) atoms. The molecule has 0 bridgehead atoms. The standard InChI is InChI=1S/C35H45N6O9P/c1-7-9-18-46-30-27-29(38-33(36)39-30)41(21-37-27)32-35(6,44)28(42)26(49-32)19-48-51(45,40-22(3)31(43)47-20-34(4,5)17-8-2)50-25-16-12-14-23-13-10-11-15-24(23)25/h7-8,10-16,21-22,26,28,32,42,44H,1-2,9,17-20H2,3-6H3,(H,40,45)(H2,36,38,39)/t22-,26?,28+,32?,35+,51?/m0/s1. The summed E-state index contributed by atoms with van der Waals surface area (Å²) in [4.78, 5) is 25.8. The fourth-order valence-electron chi connectivity index (χ4n) is 5.59. The van der Waals surface area contributed by atoms with Crippen molar-refractivity contribution in [1.82, 2.24) is 24.6 Å². The van der Waals surface area contributed by atoms with Crippen LogP contribution in [0.15, 0.2) is 74.1 Å². The van der Waals surface area contributed by atoms with E-state index in [1.165, 1.54) is 24.7 Å². The molecule has 3 unspecified atom stereocenters. The first kappa shape index (κ1) is 37.9. The van der Waals surface area contributed by atoms with Gasteiger partial charge in [0, 0.05) is 10.8 Å². The zero-order valence-corrected chi connectivity index (χ0v) is 30.0. The van der Waals surface area contributed by atoms with Gasteiger partial charge in [0.2, 0.25) is 11.8 Å². The van der Waals surface area contributed by atoms with Crippen LogP contribution in [0.1, 0.15) is 46.8 Å². The fraction of sp³-hybridized carbons (Fsp3) is 0.429. The van der Waals surface area contributed by atoms with Crippen molar-refractivity contribution >= 4 is 41.6 Å². The largest absolute Gasteiger partial charge is 0.476 e. The number of nitrogens with zero attached hydrogens (tertiary/aromatic N) is 4. The highest BCUT2D eigenvalue weighted by atomic mass is 31.2. The second kappa shape index (κ2) is 15.5. The number of anilines is 1. The molecular weight excluding hydrogens is 679 g/mol. The number of imidazole rings is 1. The molecule has 1 aliphatic rings. The molecule has 0 radical (unpaired) electrons. The Morgan fingerprint density at radius 1 is 1.22 bits per heavy atom.